The first-order valence-corrected chi connectivity index (χ1v) is 9.16. The van der Waals surface area contributed by atoms with E-state index in [0.29, 0.717) is 23.3 Å². The van der Waals surface area contributed by atoms with E-state index in [4.69, 9.17) is 14.2 Å². The number of carbonyl (C=O) groups is 1. The van der Waals surface area contributed by atoms with E-state index in [2.05, 4.69) is 12.2 Å². The normalized spacial score (nSPS) is 20.8. The Morgan fingerprint density at radius 1 is 1.22 bits per heavy atom. The maximum absolute atomic E-state index is 14.0. The van der Waals surface area contributed by atoms with Gasteiger partial charge in [-0.05, 0) is 30.9 Å². The Labute approximate surface area is 157 Å². The number of rotatable bonds is 5. The number of benzene rings is 2. The van der Waals surface area contributed by atoms with E-state index in [1.807, 2.05) is 30.3 Å². The van der Waals surface area contributed by atoms with Gasteiger partial charge in [-0.3, -0.25) is 4.79 Å². The average molecular weight is 368 g/mol. The first-order chi connectivity index (χ1) is 13.2. The quantitative estimate of drug-likeness (QED) is 0.560. The lowest BCUT2D eigenvalue weighted by molar-refractivity contribution is -0.146. The van der Waals surface area contributed by atoms with Gasteiger partial charge in [-0.1, -0.05) is 42.5 Å². The van der Waals surface area contributed by atoms with E-state index < -0.39 is 12.1 Å². The highest BCUT2D eigenvalue weighted by Gasteiger charge is 2.26. The summed E-state index contributed by atoms with van der Waals surface area (Å²) < 4.78 is 31.0. The van der Waals surface area contributed by atoms with Crippen molar-refractivity contribution >= 4 is 5.97 Å². The molecule has 2 aromatic carbocycles. The molecule has 2 aliphatic rings. The van der Waals surface area contributed by atoms with Crippen molar-refractivity contribution in [2.24, 2.45) is 5.92 Å². The Balaban J connectivity index is 1.47. The number of carbonyl (C=O) groups excluding carboxylic acids is 1. The summed E-state index contributed by atoms with van der Waals surface area (Å²) in [4.78, 5) is 12.1. The summed E-state index contributed by atoms with van der Waals surface area (Å²) in [6, 6.07) is 12.3. The molecule has 0 saturated carbocycles. The number of fused-ring (bicyclic) bond motifs is 1. The van der Waals surface area contributed by atoms with Gasteiger partial charge >= 0.3 is 5.97 Å². The lowest BCUT2D eigenvalue weighted by atomic mass is 10.1. The second-order valence-corrected chi connectivity index (χ2v) is 6.86. The smallest absolute Gasteiger partial charge is 0.306 e. The summed E-state index contributed by atoms with van der Waals surface area (Å²) in [6.07, 6.45) is 5.90. The van der Waals surface area contributed by atoms with Gasteiger partial charge in [0.15, 0.2) is 0 Å². The third-order valence-electron chi connectivity index (χ3n) is 4.82. The first kappa shape index (κ1) is 17.7. The summed E-state index contributed by atoms with van der Waals surface area (Å²) in [6.45, 7) is 0.220. The molecular formula is C22H21FO4. The van der Waals surface area contributed by atoms with Crippen LogP contribution in [0.25, 0.3) is 0 Å². The van der Waals surface area contributed by atoms with Gasteiger partial charge in [0.05, 0.1) is 13.0 Å². The Morgan fingerprint density at radius 2 is 2.07 bits per heavy atom. The zero-order valence-electron chi connectivity index (χ0n) is 14.9. The van der Waals surface area contributed by atoms with E-state index in [9.17, 15) is 9.18 Å². The SMILES string of the molecule is O=C(CC1C=CCC1)OCc1cc(F)cc2c1OC(c1ccccc1)OC2. The van der Waals surface area contributed by atoms with Crippen molar-refractivity contribution in [3.63, 3.8) is 0 Å². The molecular weight excluding hydrogens is 347 g/mol. The molecule has 0 fully saturated rings. The maximum atomic E-state index is 14.0. The molecule has 0 saturated heterocycles. The minimum Gasteiger partial charge on any atom is -0.461 e. The molecule has 0 N–H and O–H groups in total. The summed E-state index contributed by atoms with van der Waals surface area (Å²) in [7, 11) is 0. The summed E-state index contributed by atoms with van der Waals surface area (Å²) in [5.41, 5.74) is 2.01. The summed E-state index contributed by atoms with van der Waals surface area (Å²) in [5, 5.41) is 0. The fourth-order valence-electron chi connectivity index (χ4n) is 3.46. The van der Waals surface area contributed by atoms with Crippen LogP contribution in [0, 0.1) is 11.7 Å². The average Bonchev–Trinajstić information content (AvgIpc) is 3.19. The predicted molar refractivity (Wildman–Crippen MR) is 97.3 cm³/mol. The summed E-state index contributed by atoms with van der Waals surface area (Å²) in [5.74, 6) is 0.0937. The third-order valence-corrected chi connectivity index (χ3v) is 4.82. The van der Waals surface area contributed by atoms with Gasteiger partial charge in [0.1, 0.15) is 18.2 Å². The van der Waals surface area contributed by atoms with Gasteiger partial charge in [0, 0.05) is 16.7 Å². The second kappa shape index (κ2) is 7.92. The molecule has 1 aliphatic carbocycles. The van der Waals surface area contributed by atoms with Gasteiger partial charge < -0.3 is 14.2 Å². The van der Waals surface area contributed by atoms with Crippen LogP contribution in [0.1, 0.15) is 42.2 Å². The molecule has 0 spiro atoms. The standard InChI is InChI=1S/C22H21FO4/c23-19-11-17(13-25-20(24)10-15-6-4-5-7-15)21-18(12-19)14-26-22(27-21)16-8-2-1-3-9-16/h1-4,6,8-9,11-12,15,22H,5,7,10,13-14H2. The van der Waals surface area contributed by atoms with E-state index in [-0.39, 0.29) is 25.1 Å². The molecule has 140 valence electrons. The van der Waals surface area contributed by atoms with Crippen LogP contribution in [0.4, 0.5) is 4.39 Å². The lowest BCUT2D eigenvalue weighted by Crippen LogP contribution is -2.20. The van der Waals surface area contributed by atoms with Gasteiger partial charge in [-0.2, -0.15) is 0 Å². The molecule has 4 nitrogen and oxygen atoms in total. The number of esters is 1. The predicted octanol–water partition coefficient (Wildman–Crippen LogP) is 4.83. The highest BCUT2D eigenvalue weighted by molar-refractivity contribution is 5.70. The van der Waals surface area contributed by atoms with Crippen LogP contribution in [-0.4, -0.2) is 5.97 Å². The highest BCUT2D eigenvalue weighted by Crippen LogP contribution is 2.37. The van der Waals surface area contributed by atoms with Crippen molar-refractivity contribution < 1.29 is 23.4 Å². The minimum atomic E-state index is -0.567. The topological polar surface area (TPSA) is 44.8 Å². The maximum Gasteiger partial charge on any atom is 0.306 e. The molecule has 5 heteroatoms. The molecule has 2 atom stereocenters. The third kappa shape index (κ3) is 4.19. The molecule has 0 bridgehead atoms. The van der Waals surface area contributed by atoms with Gasteiger partial charge in [0.25, 0.3) is 0 Å². The Bertz CT molecular complexity index is 847. The van der Waals surface area contributed by atoms with Crippen molar-refractivity contribution in [2.75, 3.05) is 0 Å². The molecule has 2 aromatic rings. The number of allylic oxidation sites excluding steroid dienone is 2. The fourth-order valence-corrected chi connectivity index (χ4v) is 3.46. The molecule has 0 radical (unpaired) electrons. The van der Waals surface area contributed by atoms with Crippen molar-refractivity contribution in [1.82, 2.24) is 0 Å². The van der Waals surface area contributed by atoms with Gasteiger partial charge in [0.2, 0.25) is 6.29 Å². The van der Waals surface area contributed by atoms with Crippen LogP contribution in [0.2, 0.25) is 0 Å². The van der Waals surface area contributed by atoms with Crippen LogP contribution in [0.5, 0.6) is 5.75 Å². The molecule has 1 aliphatic heterocycles. The molecule has 27 heavy (non-hydrogen) atoms. The highest BCUT2D eigenvalue weighted by atomic mass is 19.1. The Morgan fingerprint density at radius 3 is 2.85 bits per heavy atom. The van der Waals surface area contributed by atoms with Crippen LogP contribution >= 0.6 is 0 Å². The first-order valence-electron chi connectivity index (χ1n) is 9.16. The Hall–Kier alpha value is -2.66. The van der Waals surface area contributed by atoms with E-state index in [1.54, 1.807) is 0 Å². The monoisotopic (exact) mass is 368 g/mol. The fraction of sp³-hybridized carbons (Fsp3) is 0.318. The lowest BCUT2D eigenvalue weighted by Gasteiger charge is -2.28. The van der Waals surface area contributed by atoms with Crippen LogP contribution in [0.3, 0.4) is 0 Å². The number of hydrogen-bond acceptors (Lipinski definition) is 4. The van der Waals surface area contributed by atoms with E-state index in [1.165, 1.54) is 12.1 Å². The zero-order chi connectivity index (χ0) is 18.6. The van der Waals surface area contributed by atoms with Crippen molar-refractivity contribution in [3.05, 3.63) is 77.1 Å². The zero-order valence-corrected chi connectivity index (χ0v) is 14.9. The number of halogens is 1. The van der Waals surface area contributed by atoms with Crippen LogP contribution < -0.4 is 4.74 Å². The molecule has 1 heterocycles. The van der Waals surface area contributed by atoms with Crippen molar-refractivity contribution in [1.29, 1.82) is 0 Å². The minimum absolute atomic E-state index is 0.0170. The van der Waals surface area contributed by atoms with Gasteiger partial charge in [-0.15, -0.1) is 0 Å². The number of ether oxygens (including phenoxy) is 3. The van der Waals surface area contributed by atoms with E-state index >= 15 is 0 Å². The molecule has 0 amide bonds. The second-order valence-electron chi connectivity index (χ2n) is 6.86. The van der Waals surface area contributed by atoms with E-state index in [0.717, 1.165) is 18.4 Å². The van der Waals surface area contributed by atoms with Gasteiger partial charge in [-0.25, -0.2) is 4.39 Å². The largest absolute Gasteiger partial charge is 0.461 e. The molecule has 2 unspecified atom stereocenters. The van der Waals surface area contributed by atoms with Crippen molar-refractivity contribution in [3.8, 4) is 5.75 Å². The summed E-state index contributed by atoms with van der Waals surface area (Å²) >= 11 is 0. The Kier molecular flexibility index (Phi) is 5.21. The number of hydrogen-bond donors (Lipinski definition) is 0. The van der Waals surface area contributed by atoms with Crippen LogP contribution in [-0.2, 0) is 27.5 Å². The molecule has 0 aromatic heterocycles. The van der Waals surface area contributed by atoms with Crippen LogP contribution in [0.15, 0.2) is 54.6 Å². The van der Waals surface area contributed by atoms with Crippen molar-refractivity contribution in [2.45, 2.75) is 38.8 Å². The molecule has 4 rings (SSSR count).